The molecule has 2 N–H and O–H groups in total. The van der Waals surface area contributed by atoms with Gasteiger partial charge in [-0.05, 0) is 73.9 Å². The molecule has 4 rings (SSSR count). The van der Waals surface area contributed by atoms with Gasteiger partial charge in [0, 0.05) is 44.4 Å². The molecule has 3 heterocycles. The van der Waals surface area contributed by atoms with Crippen LogP contribution in [0.2, 0.25) is 0 Å². The summed E-state index contributed by atoms with van der Waals surface area (Å²) in [6.45, 7) is 5.58. The number of nitrogens with one attached hydrogen (secondary N) is 2. The highest BCUT2D eigenvalue weighted by molar-refractivity contribution is 7.71. The van der Waals surface area contributed by atoms with Gasteiger partial charge in [0.2, 0.25) is 5.91 Å². The maximum absolute atomic E-state index is 12.5. The van der Waals surface area contributed by atoms with E-state index in [4.69, 9.17) is 17.0 Å². The Bertz CT molecular complexity index is 1100. The smallest absolute Gasteiger partial charge is 0.222 e. The summed E-state index contributed by atoms with van der Waals surface area (Å²) in [7, 11) is 0. The number of rotatable bonds is 9. The molecular formula is C23H28N6O2S. The zero-order valence-electron chi connectivity index (χ0n) is 18.2. The van der Waals surface area contributed by atoms with Crippen LogP contribution < -0.4 is 15.0 Å². The van der Waals surface area contributed by atoms with Crippen LogP contribution in [-0.4, -0.2) is 45.4 Å². The molecule has 0 saturated carbocycles. The third kappa shape index (κ3) is 5.34. The van der Waals surface area contributed by atoms with E-state index in [1.165, 1.54) is 12.8 Å². The Morgan fingerprint density at radius 2 is 2.00 bits per heavy atom. The van der Waals surface area contributed by atoms with Gasteiger partial charge in [-0.2, -0.15) is 5.10 Å². The molecule has 1 aliphatic heterocycles. The molecule has 8 nitrogen and oxygen atoms in total. The first kappa shape index (κ1) is 22.0. The third-order valence-electron chi connectivity index (χ3n) is 5.47. The Labute approximate surface area is 192 Å². The highest BCUT2D eigenvalue weighted by atomic mass is 32.1. The number of hydrogen-bond acceptors (Lipinski definition) is 6. The molecule has 168 valence electrons. The number of H-pyrrole nitrogens is 1. The quantitative estimate of drug-likeness (QED) is 0.481. The lowest BCUT2D eigenvalue weighted by Crippen LogP contribution is -2.24. The van der Waals surface area contributed by atoms with Crippen LogP contribution in [0.15, 0.2) is 42.6 Å². The zero-order valence-corrected chi connectivity index (χ0v) is 19.0. The molecule has 0 aliphatic carbocycles. The predicted molar refractivity (Wildman–Crippen MR) is 126 cm³/mol. The summed E-state index contributed by atoms with van der Waals surface area (Å²) < 4.78 is 7.84. The molecule has 0 unspecified atom stereocenters. The molecule has 2 aromatic heterocycles. The van der Waals surface area contributed by atoms with Crippen molar-refractivity contribution in [3.8, 4) is 17.1 Å². The molecule has 1 fully saturated rings. The predicted octanol–water partition coefficient (Wildman–Crippen LogP) is 3.71. The van der Waals surface area contributed by atoms with Crippen molar-refractivity contribution >= 4 is 23.9 Å². The average molecular weight is 453 g/mol. The summed E-state index contributed by atoms with van der Waals surface area (Å²) in [4.78, 5) is 19.2. The molecule has 1 aliphatic rings. The molecule has 0 bridgehead atoms. The van der Waals surface area contributed by atoms with Gasteiger partial charge in [-0.25, -0.2) is 4.98 Å². The van der Waals surface area contributed by atoms with E-state index in [9.17, 15) is 4.79 Å². The molecule has 9 heteroatoms. The van der Waals surface area contributed by atoms with Crippen molar-refractivity contribution in [2.75, 3.05) is 24.6 Å². The maximum atomic E-state index is 12.5. The summed E-state index contributed by atoms with van der Waals surface area (Å²) in [5, 5.41) is 10.2. The largest absolute Gasteiger partial charge is 0.494 e. The van der Waals surface area contributed by atoms with E-state index in [2.05, 4.69) is 31.5 Å². The second-order valence-corrected chi connectivity index (χ2v) is 8.09. The van der Waals surface area contributed by atoms with E-state index < -0.39 is 0 Å². The Kier molecular flexibility index (Phi) is 7.16. The third-order valence-corrected chi connectivity index (χ3v) is 5.79. The number of amides is 1. The van der Waals surface area contributed by atoms with E-state index >= 15 is 0 Å². The first-order valence-electron chi connectivity index (χ1n) is 11.0. The van der Waals surface area contributed by atoms with Crippen molar-refractivity contribution in [2.45, 2.75) is 39.3 Å². The monoisotopic (exact) mass is 452 g/mol. The Balaban J connectivity index is 1.34. The molecule has 1 amide bonds. The van der Waals surface area contributed by atoms with Crippen LogP contribution in [0, 0.1) is 4.77 Å². The van der Waals surface area contributed by atoms with Gasteiger partial charge in [0.05, 0.1) is 6.61 Å². The van der Waals surface area contributed by atoms with Crippen molar-refractivity contribution in [3.63, 3.8) is 0 Å². The normalized spacial score (nSPS) is 13.3. The van der Waals surface area contributed by atoms with E-state index in [0.717, 1.165) is 35.8 Å². The van der Waals surface area contributed by atoms with Crippen LogP contribution in [0.25, 0.3) is 11.4 Å². The van der Waals surface area contributed by atoms with E-state index in [-0.39, 0.29) is 5.91 Å². The number of benzene rings is 1. The molecule has 1 aromatic carbocycles. The van der Waals surface area contributed by atoms with Gasteiger partial charge < -0.3 is 15.0 Å². The lowest BCUT2D eigenvalue weighted by atomic mass is 10.2. The van der Waals surface area contributed by atoms with Crippen LogP contribution in [0.3, 0.4) is 0 Å². The van der Waals surface area contributed by atoms with Crippen molar-refractivity contribution in [1.29, 1.82) is 0 Å². The zero-order chi connectivity index (χ0) is 22.3. The first-order chi connectivity index (χ1) is 15.6. The van der Waals surface area contributed by atoms with Crippen molar-refractivity contribution in [3.05, 3.63) is 52.9 Å². The molecule has 32 heavy (non-hydrogen) atoms. The van der Waals surface area contributed by atoms with Crippen LogP contribution in [0.1, 0.15) is 31.7 Å². The van der Waals surface area contributed by atoms with Gasteiger partial charge in [0.25, 0.3) is 0 Å². The number of ether oxygens (including phenoxy) is 1. The topological polar surface area (TPSA) is 88.1 Å². The van der Waals surface area contributed by atoms with E-state index in [1.807, 2.05) is 48.0 Å². The summed E-state index contributed by atoms with van der Waals surface area (Å²) in [5.74, 6) is 2.46. The second kappa shape index (κ2) is 10.4. The fourth-order valence-corrected chi connectivity index (χ4v) is 4.03. The van der Waals surface area contributed by atoms with Gasteiger partial charge in [0.1, 0.15) is 11.6 Å². The molecule has 0 spiro atoms. The average Bonchev–Trinajstić information content (AvgIpc) is 3.48. The first-order valence-corrected chi connectivity index (χ1v) is 11.4. The number of carbonyl (C=O) groups excluding carboxylic acids is 1. The van der Waals surface area contributed by atoms with Crippen molar-refractivity contribution in [1.82, 2.24) is 25.1 Å². The number of anilines is 1. The standard InChI is InChI=1S/C23H28N6O2S/c1-2-31-19-7-5-18(6-8-19)22-26-27-23(32)29(22)14-10-21(30)25-16-17-9-11-24-20(15-17)28-12-3-4-13-28/h5-9,11,15H,2-4,10,12-14,16H2,1H3,(H,25,30)(H,27,32). The molecule has 0 radical (unpaired) electrons. The SMILES string of the molecule is CCOc1ccc(-c2n[nH]c(=S)n2CCC(=O)NCc2ccnc(N3CCCC3)c2)cc1. The molecule has 0 atom stereocenters. The number of pyridine rings is 1. The second-order valence-electron chi connectivity index (χ2n) is 7.70. The van der Waals surface area contributed by atoms with Gasteiger partial charge in [-0.15, -0.1) is 0 Å². The van der Waals surface area contributed by atoms with Crippen LogP contribution in [-0.2, 0) is 17.9 Å². The number of aromatic nitrogens is 4. The van der Waals surface area contributed by atoms with Crippen LogP contribution in [0.4, 0.5) is 5.82 Å². The molecular weight excluding hydrogens is 424 g/mol. The lowest BCUT2D eigenvalue weighted by molar-refractivity contribution is -0.121. The van der Waals surface area contributed by atoms with Crippen LogP contribution >= 0.6 is 12.2 Å². The van der Waals surface area contributed by atoms with E-state index in [1.54, 1.807) is 0 Å². The maximum Gasteiger partial charge on any atom is 0.222 e. The van der Waals surface area contributed by atoms with Crippen LogP contribution in [0.5, 0.6) is 5.75 Å². The van der Waals surface area contributed by atoms with Gasteiger partial charge in [0.15, 0.2) is 10.6 Å². The minimum absolute atomic E-state index is 0.0368. The van der Waals surface area contributed by atoms with Gasteiger partial charge in [-0.3, -0.25) is 14.5 Å². The van der Waals surface area contributed by atoms with E-state index in [0.29, 0.717) is 36.7 Å². The minimum Gasteiger partial charge on any atom is -0.494 e. The Morgan fingerprint density at radius 3 is 2.75 bits per heavy atom. The number of nitrogens with zero attached hydrogens (tertiary/aromatic N) is 4. The highest BCUT2D eigenvalue weighted by Crippen LogP contribution is 2.22. The fourth-order valence-electron chi connectivity index (χ4n) is 3.80. The Morgan fingerprint density at radius 1 is 1.22 bits per heavy atom. The summed E-state index contributed by atoms with van der Waals surface area (Å²) in [5.41, 5.74) is 1.96. The fraction of sp³-hybridized carbons (Fsp3) is 0.391. The number of aromatic amines is 1. The number of hydrogen-bond donors (Lipinski definition) is 2. The van der Waals surface area contributed by atoms with Gasteiger partial charge >= 0.3 is 0 Å². The minimum atomic E-state index is -0.0368. The lowest BCUT2D eigenvalue weighted by Gasteiger charge is -2.17. The number of carbonyl (C=O) groups is 1. The summed E-state index contributed by atoms with van der Waals surface area (Å²) in [6, 6.07) is 11.7. The summed E-state index contributed by atoms with van der Waals surface area (Å²) >= 11 is 5.38. The summed E-state index contributed by atoms with van der Waals surface area (Å²) in [6.07, 6.45) is 4.53. The Hall–Kier alpha value is -3.20. The van der Waals surface area contributed by atoms with Crippen molar-refractivity contribution in [2.24, 2.45) is 0 Å². The van der Waals surface area contributed by atoms with Crippen molar-refractivity contribution < 1.29 is 9.53 Å². The molecule has 1 saturated heterocycles. The van der Waals surface area contributed by atoms with Gasteiger partial charge in [-0.1, -0.05) is 0 Å². The molecule has 3 aromatic rings. The highest BCUT2D eigenvalue weighted by Gasteiger charge is 2.14.